The van der Waals surface area contributed by atoms with Crippen LogP contribution in [0.25, 0.3) is 11.1 Å². The van der Waals surface area contributed by atoms with Crippen molar-refractivity contribution < 1.29 is 14.3 Å². The van der Waals surface area contributed by atoms with Gasteiger partial charge in [-0.25, -0.2) is 4.79 Å². The first kappa shape index (κ1) is 15.0. The zero-order valence-corrected chi connectivity index (χ0v) is 12.1. The molecule has 0 aliphatic heterocycles. The van der Waals surface area contributed by atoms with E-state index in [1.807, 2.05) is 24.3 Å². The van der Waals surface area contributed by atoms with Gasteiger partial charge in [-0.15, -0.1) is 0 Å². The molecule has 4 heteroatoms. The number of hydrogen-bond acceptors (Lipinski definition) is 3. The molecule has 0 bridgehead atoms. The number of esters is 1. The van der Waals surface area contributed by atoms with Crippen LogP contribution in [0, 0.1) is 0 Å². The molecule has 0 saturated heterocycles. The van der Waals surface area contributed by atoms with Crippen LogP contribution in [0.15, 0.2) is 60.7 Å². The van der Waals surface area contributed by atoms with Crippen LogP contribution in [0.2, 0.25) is 5.02 Å². The molecule has 0 aliphatic carbocycles. The van der Waals surface area contributed by atoms with Crippen molar-refractivity contribution in [3.8, 4) is 11.1 Å². The quantitative estimate of drug-likeness (QED) is 0.488. The van der Waals surface area contributed by atoms with E-state index in [4.69, 9.17) is 11.6 Å². The first-order valence-corrected chi connectivity index (χ1v) is 6.65. The Kier molecular flexibility index (Phi) is 4.90. The fraction of sp³-hybridized carbons (Fsp3) is 0.0588. The second-order valence-corrected chi connectivity index (χ2v) is 4.71. The van der Waals surface area contributed by atoms with Crippen molar-refractivity contribution in [2.24, 2.45) is 0 Å². The van der Waals surface area contributed by atoms with E-state index in [1.54, 1.807) is 24.3 Å². The summed E-state index contributed by atoms with van der Waals surface area (Å²) in [6.07, 6.45) is 2.31. The van der Waals surface area contributed by atoms with Crippen LogP contribution in [0.4, 0.5) is 0 Å². The number of carbonyl (C=O) groups excluding carboxylic acids is 2. The fourth-order valence-electron chi connectivity index (χ4n) is 1.91. The van der Waals surface area contributed by atoms with Gasteiger partial charge in [0, 0.05) is 16.7 Å². The molecule has 0 unspecified atom stereocenters. The summed E-state index contributed by atoms with van der Waals surface area (Å²) in [6.45, 7) is 0. The smallest absolute Gasteiger partial charge is 0.330 e. The number of hydrogen-bond donors (Lipinski definition) is 0. The van der Waals surface area contributed by atoms with Crippen molar-refractivity contribution in [1.82, 2.24) is 0 Å². The Morgan fingerprint density at radius 2 is 1.81 bits per heavy atom. The molecular weight excluding hydrogens is 288 g/mol. The molecule has 0 amide bonds. The normalized spacial score (nSPS) is 10.6. The molecule has 0 aromatic heterocycles. The lowest BCUT2D eigenvalue weighted by Crippen LogP contribution is -2.00. The number of ether oxygens (including phenoxy) is 1. The maximum absolute atomic E-state index is 12.2. The van der Waals surface area contributed by atoms with Crippen LogP contribution < -0.4 is 0 Å². The van der Waals surface area contributed by atoms with Gasteiger partial charge in [-0.05, 0) is 29.3 Å². The van der Waals surface area contributed by atoms with Crippen LogP contribution in [0.1, 0.15) is 10.4 Å². The average molecular weight is 301 g/mol. The Balaban J connectivity index is 2.40. The maximum atomic E-state index is 12.2. The Bertz CT molecular complexity index is 705. The molecule has 0 N–H and O–H groups in total. The van der Waals surface area contributed by atoms with Gasteiger partial charge in [0.1, 0.15) is 0 Å². The van der Waals surface area contributed by atoms with Gasteiger partial charge >= 0.3 is 5.97 Å². The summed E-state index contributed by atoms with van der Waals surface area (Å²) in [6, 6.07) is 14.4. The number of methoxy groups -OCH3 is 1. The second-order valence-electron chi connectivity index (χ2n) is 4.28. The lowest BCUT2D eigenvalue weighted by Gasteiger charge is -2.07. The van der Waals surface area contributed by atoms with E-state index < -0.39 is 5.97 Å². The Hall–Kier alpha value is -2.39. The number of carbonyl (C=O) groups is 2. The minimum absolute atomic E-state index is 0.268. The summed E-state index contributed by atoms with van der Waals surface area (Å²) in [5.41, 5.74) is 2.11. The molecule has 106 valence electrons. The van der Waals surface area contributed by atoms with Gasteiger partial charge < -0.3 is 4.74 Å². The van der Waals surface area contributed by atoms with Gasteiger partial charge in [0.25, 0.3) is 0 Å². The second kappa shape index (κ2) is 6.86. The zero-order chi connectivity index (χ0) is 15.2. The molecule has 0 aliphatic rings. The van der Waals surface area contributed by atoms with Gasteiger partial charge in [-0.1, -0.05) is 48.0 Å². The molecule has 3 nitrogen and oxygen atoms in total. The number of benzene rings is 2. The average Bonchev–Trinajstić information content (AvgIpc) is 2.52. The van der Waals surface area contributed by atoms with Gasteiger partial charge in [0.05, 0.1) is 7.11 Å². The number of halogens is 1. The van der Waals surface area contributed by atoms with E-state index in [1.165, 1.54) is 13.2 Å². The summed E-state index contributed by atoms with van der Waals surface area (Å²) in [5.74, 6) is -0.834. The lowest BCUT2D eigenvalue weighted by atomic mass is 9.97. The zero-order valence-electron chi connectivity index (χ0n) is 11.4. The van der Waals surface area contributed by atoms with Crippen molar-refractivity contribution in [3.63, 3.8) is 0 Å². The Morgan fingerprint density at radius 3 is 2.52 bits per heavy atom. The van der Waals surface area contributed by atoms with Crippen LogP contribution in [0.3, 0.4) is 0 Å². The molecule has 21 heavy (non-hydrogen) atoms. The van der Waals surface area contributed by atoms with Crippen molar-refractivity contribution in [2.45, 2.75) is 0 Å². The Morgan fingerprint density at radius 1 is 1.05 bits per heavy atom. The molecule has 0 heterocycles. The number of rotatable bonds is 4. The minimum atomic E-state index is -0.566. The van der Waals surface area contributed by atoms with Gasteiger partial charge in [-0.2, -0.15) is 0 Å². The number of ketones is 1. The highest BCUT2D eigenvalue weighted by molar-refractivity contribution is 6.30. The third-order valence-electron chi connectivity index (χ3n) is 2.90. The SMILES string of the molecule is COC(=O)C=CC(=O)c1ccccc1-c1cccc(Cl)c1. The summed E-state index contributed by atoms with van der Waals surface area (Å²) in [5, 5.41) is 0.597. The first-order valence-electron chi connectivity index (χ1n) is 6.27. The van der Waals surface area contributed by atoms with E-state index in [2.05, 4.69) is 4.74 Å². The van der Waals surface area contributed by atoms with Crippen molar-refractivity contribution in [1.29, 1.82) is 0 Å². The van der Waals surface area contributed by atoms with Crippen LogP contribution in [-0.4, -0.2) is 18.9 Å². The summed E-state index contributed by atoms with van der Waals surface area (Å²) < 4.78 is 4.47. The first-order chi connectivity index (χ1) is 10.1. The molecule has 0 radical (unpaired) electrons. The molecule has 0 spiro atoms. The summed E-state index contributed by atoms with van der Waals surface area (Å²) in [7, 11) is 1.26. The third kappa shape index (κ3) is 3.80. The molecular formula is C17H13ClO3. The molecule has 2 aromatic rings. The van der Waals surface area contributed by atoms with E-state index in [0.29, 0.717) is 10.6 Å². The van der Waals surface area contributed by atoms with E-state index in [0.717, 1.165) is 17.2 Å². The molecule has 2 aromatic carbocycles. The molecule has 2 rings (SSSR count). The van der Waals surface area contributed by atoms with Crippen LogP contribution in [0.5, 0.6) is 0 Å². The van der Waals surface area contributed by atoms with Gasteiger partial charge in [-0.3, -0.25) is 4.79 Å². The van der Waals surface area contributed by atoms with Crippen molar-refractivity contribution in [3.05, 3.63) is 71.3 Å². The lowest BCUT2D eigenvalue weighted by molar-refractivity contribution is -0.134. The maximum Gasteiger partial charge on any atom is 0.330 e. The standard InChI is InChI=1S/C17H13ClO3/c1-21-17(20)10-9-16(19)15-8-3-2-7-14(15)12-5-4-6-13(18)11-12/h2-11H,1H3. The summed E-state index contributed by atoms with van der Waals surface area (Å²) in [4.78, 5) is 23.3. The highest BCUT2D eigenvalue weighted by Crippen LogP contribution is 2.26. The topological polar surface area (TPSA) is 43.4 Å². The molecule has 0 fully saturated rings. The van der Waals surface area contributed by atoms with Crippen LogP contribution >= 0.6 is 11.6 Å². The van der Waals surface area contributed by atoms with E-state index >= 15 is 0 Å². The predicted octanol–water partition coefficient (Wildman–Crippen LogP) is 3.92. The predicted molar refractivity (Wildman–Crippen MR) is 82.4 cm³/mol. The third-order valence-corrected chi connectivity index (χ3v) is 3.14. The fourth-order valence-corrected chi connectivity index (χ4v) is 2.10. The minimum Gasteiger partial charge on any atom is -0.466 e. The summed E-state index contributed by atoms with van der Waals surface area (Å²) >= 11 is 5.99. The molecule has 0 atom stereocenters. The van der Waals surface area contributed by atoms with Crippen molar-refractivity contribution in [2.75, 3.05) is 7.11 Å². The van der Waals surface area contributed by atoms with E-state index in [-0.39, 0.29) is 5.78 Å². The van der Waals surface area contributed by atoms with Crippen LogP contribution in [-0.2, 0) is 9.53 Å². The Labute approximate surface area is 127 Å². The highest BCUT2D eigenvalue weighted by atomic mass is 35.5. The van der Waals surface area contributed by atoms with Gasteiger partial charge in [0.2, 0.25) is 0 Å². The highest BCUT2D eigenvalue weighted by Gasteiger charge is 2.10. The monoisotopic (exact) mass is 300 g/mol. The number of allylic oxidation sites excluding steroid dienone is 1. The molecule has 0 saturated carbocycles. The van der Waals surface area contributed by atoms with Gasteiger partial charge in [0.15, 0.2) is 5.78 Å². The largest absolute Gasteiger partial charge is 0.466 e. The van der Waals surface area contributed by atoms with Crippen molar-refractivity contribution >= 4 is 23.4 Å². The van der Waals surface area contributed by atoms with E-state index in [9.17, 15) is 9.59 Å².